The van der Waals surface area contributed by atoms with E-state index in [-0.39, 0.29) is 11.6 Å². The number of hydrogen-bond donors (Lipinski definition) is 2. The Labute approximate surface area is 212 Å². The van der Waals surface area contributed by atoms with Crippen molar-refractivity contribution in [3.05, 3.63) is 60.2 Å². The Balaban J connectivity index is 1.32. The van der Waals surface area contributed by atoms with E-state index in [1.807, 2.05) is 30.3 Å². The standard InChI is InChI=1S/C25H26N10O2/c1-16-19-22(30-25(26)35-23(19)29-21(31-35)18-4-2-3-7-28-18)34(20(16)24(36)37)15-12-32-10-13-33(14-11-32)17-5-8-27-9-6-17/h2-9H,10-15H2,1H3,(H2,26,30)(H,36,37). The van der Waals surface area contributed by atoms with Gasteiger partial charge in [-0.3, -0.25) is 14.9 Å². The lowest BCUT2D eigenvalue weighted by molar-refractivity contribution is 0.0683. The molecule has 0 bridgehead atoms. The predicted molar refractivity (Wildman–Crippen MR) is 139 cm³/mol. The fraction of sp³-hybridized carbons (Fsp3) is 0.280. The number of aryl methyl sites for hydroxylation is 1. The van der Waals surface area contributed by atoms with Gasteiger partial charge in [-0.2, -0.15) is 9.50 Å². The highest BCUT2D eigenvalue weighted by Gasteiger charge is 2.26. The zero-order chi connectivity index (χ0) is 25.5. The number of carboxylic acids is 1. The van der Waals surface area contributed by atoms with Gasteiger partial charge < -0.3 is 20.3 Å². The van der Waals surface area contributed by atoms with Crippen LogP contribution in [0.2, 0.25) is 0 Å². The molecular weight excluding hydrogens is 472 g/mol. The summed E-state index contributed by atoms with van der Waals surface area (Å²) in [5.74, 6) is -0.476. The Morgan fingerprint density at radius 3 is 2.49 bits per heavy atom. The van der Waals surface area contributed by atoms with Crippen LogP contribution in [0.25, 0.3) is 28.2 Å². The number of nitrogens with zero attached hydrogens (tertiary/aromatic N) is 9. The number of nitrogens with two attached hydrogens (primary N) is 1. The Hall–Kier alpha value is -4.58. The Morgan fingerprint density at radius 2 is 1.78 bits per heavy atom. The lowest BCUT2D eigenvalue weighted by Gasteiger charge is -2.36. The number of carboxylic acid groups (broad SMARTS) is 1. The molecule has 1 aliphatic heterocycles. The number of pyridine rings is 2. The molecule has 5 aromatic rings. The summed E-state index contributed by atoms with van der Waals surface area (Å²) in [7, 11) is 0. The number of aromatic carboxylic acids is 1. The normalized spacial score (nSPS) is 14.6. The average molecular weight is 499 g/mol. The highest BCUT2D eigenvalue weighted by atomic mass is 16.4. The maximum atomic E-state index is 12.4. The van der Waals surface area contributed by atoms with Gasteiger partial charge in [-0.15, -0.1) is 5.10 Å². The minimum absolute atomic E-state index is 0.138. The predicted octanol–water partition coefficient (Wildman–Crippen LogP) is 1.95. The van der Waals surface area contributed by atoms with Gasteiger partial charge in [0, 0.05) is 63.5 Å². The van der Waals surface area contributed by atoms with Gasteiger partial charge in [0.05, 0.1) is 5.39 Å². The lowest BCUT2D eigenvalue weighted by atomic mass is 10.2. The first-order valence-corrected chi connectivity index (χ1v) is 12.1. The van der Waals surface area contributed by atoms with Crippen LogP contribution in [0.15, 0.2) is 48.9 Å². The number of fused-ring (bicyclic) bond motifs is 3. The van der Waals surface area contributed by atoms with Gasteiger partial charge in [-0.05, 0) is 36.8 Å². The molecule has 0 unspecified atom stereocenters. The molecule has 0 spiro atoms. The molecule has 1 fully saturated rings. The van der Waals surface area contributed by atoms with Crippen LogP contribution in [0.3, 0.4) is 0 Å². The molecule has 188 valence electrons. The molecule has 0 amide bonds. The van der Waals surface area contributed by atoms with E-state index in [1.165, 1.54) is 4.52 Å². The van der Waals surface area contributed by atoms with Gasteiger partial charge in [0.1, 0.15) is 17.0 Å². The van der Waals surface area contributed by atoms with E-state index in [0.29, 0.717) is 46.9 Å². The van der Waals surface area contributed by atoms with Crippen molar-refractivity contribution in [3.8, 4) is 11.5 Å². The Kier molecular flexibility index (Phi) is 5.64. The topological polar surface area (TPSA) is 144 Å². The molecule has 0 aromatic carbocycles. The summed E-state index contributed by atoms with van der Waals surface area (Å²) < 4.78 is 3.20. The summed E-state index contributed by atoms with van der Waals surface area (Å²) in [5.41, 5.74) is 9.77. The Morgan fingerprint density at radius 1 is 1.00 bits per heavy atom. The quantitative estimate of drug-likeness (QED) is 0.356. The first-order chi connectivity index (χ1) is 18.0. The Bertz CT molecular complexity index is 1590. The molecular formula is C25H26N10O2. The average Bonchev–Trinajstić information content (AvgIpc) is 3.48. The van der Waals surface area contributed by atoms with Crippen molar-refractivity contribution in [2.75, 3.05) is 43.4 Å². The molecule has 6 rings (SSSR count). The maximum Gasteiger partial charge on any atom is 0.352 e. The minimum Gasteiger partial charge on any atom is -0.477 e. The second kappa shape index (κ2) is 9.13. The fourth-order valence-electron chi connectivity index (χ4n) is 5.03. The van der Waals surface area contributed by atoms with E-state index >= 15 is 0 Å². The SMILES string of the molecule is Cc1c(C(=O)O)n(CCN2CCN(c3ccncc3)CC2)c2nc(N)n3nc(-c4ccccn4)nc3c12. The third-order valence-electron chi connectivity index (χ3n) is 6.88. The molecule has 1 saturated heterocycles. The summed E-state index contributed by atoms with van der Waals surface area (Å²) in [6.07, 6.45) is 5.28. The van der Waals surface area contributed by atoms with Crippen molar-refractivity contribution in [2.24, 2.45) is 0 Å². The molecule has 6 heterocycles. The van der Waals surface area contributed by atoms with Crippen molar-refractivity contribution in [2.45, 2.75) is 13.5 Å². The van der Waals surface area contributed by atoms with Crippen LogP contribution in [0.5, 0.6) is 0 Å². The fourth-order valence-corrected chi connectivity index (χ4v) is 5.03. The number of hydrogen-bond acceptors (Lipinski definition) is 9. The monoisotopic (exact) mass is 498 g/mol. The van der Waals surface area contributed by atoms with Gasteiger partial charge >= 0.3 is 5.97 Å². The summed E-state index contributed by atoms with van der Waals surface area (Å²) >= 11 is 0. The van der Waals surface area contributed by atoms with E-state index in [0.717, 1.165) is 31.9 Å². The van der Waals surface area contributed by atoms with E-state index in [1.54, 1.807) is 30.1 Å². The van der Waals surface area contributed by atoms with E-state index in [9.17, 15) is 9.90 Å². The van der Waals surface area contributed by atoms with E-state index < -0.39 is 5.97 Å². The first kappa shape index (κ1) is 22.9. The largest absolute Gasteiger partial charge is 0.477 e. The molecule has 12 nitrogen and oxygen atoms in total. The van der Waals surface area contributed by atoms with Crippen LogP contribution < -0.4 is 10.6 Å². The van der Waals surface area contributed by atoms with Gasteiger partial charge in [-0.1, -0.05) is 6.07 Å². The number of rotatable bonds is 6. The molecule has 5 aromatic heterocycles. The minimum atomic E-state index is -1.01. The summed E-state index contributed by atoms with van der Waals surface area (Å²) in [6.45, 7) is 6.47. The van der Waals surface area contributed by atoms with Crippen molar-refractivity contribution < 1.29 is 9.90 Å². The smallest absolute Gasteiger partial charge is 0.352 e. The summed E-state index contributed by atoms with van der Waals surface area (Å²) in [6, 6.07) is 9.51. The van der Waals surface area contributed by atoms with Crippen molar-refractivity contribution >= 4 is 34.3 Å². The molecule has 0 radical (unpaired) electrons. The summed E-state index contributed by atoms with van der Waals surface area (Å²) in [5, 5.41) is 15.2. The van der Waals surface area contributed by atoms with Crippen LogP contribution >= 0.6 is 0 Å². The van der Waals surface area contributed by atoms with Crippen LogP contribution in [-0.2, 0) is 6.54 Å². The van der Waals surface area contributed by atoms with E-state index in [4.69, 9.17) is 5.73 Å². The molecule has 12 heteroatoms. The molecule has 1 aliphatic rings. The van der Waals surface area contributed by atoms with E-state index in [2.05, 4.69) is 34.8 Å². The molecule has 3 N–H and O–H groups in total. The number of nitrogen functional groups attached to an aromatic ring is 1. The van der Waals surface area contributed by atoms with Crippen molar-refractivity contribution in [1.29, 1.82) is 0 Å². The number of carbonyl (C=O) groups is 1. The summed E-state index contributed by atoms with van der Waals surface area (Å²) in [4.78, 5) is 34.7. The highest BCUT2D eigenvalue weighted by Crippen LogP contribution is 2.30. The van der Waals surface area contributed by atoms with Gasteiger partial charge in [0.25, 0.3) is 0 Å². The van der Waals surface area contributed by atoms with Crippen LogP contribution in [0.1, 0.15) is 16.1 Å². The zero-order valence-corrected chi connectivity index (χ0v) is 20.3. The highest BCUT2D eigenvalue weighted by molar-refractivity contribution is 6.02. The van der Waals surface area contributed by atoms with Gasteiger partial charge in [0.2, 0.25) is 11.8 Å². The van der Waals surface area contributed by atoms with Crippen molar-refractivity contribution in [3.63, 3.8) is 0 Å². The zero-order valence-electron chi connectivity index (χ0n) is 20.3. The maximum absolute atomic E-state index is 12.4. The van der Waals surface area contributed by atoms with Gasteiger partial charge in [0.15, 0.2) is 5.65 Å². The molecule has 0 atom stereocenters. The molecule has 0 aliphatic carbocycles. The van der Waals surface area contributed by atoms with Crippen LogP contribution in [0.4, 0.5) is 11.6 Å². The van der Waals surface area contributed by atoms with Gasteiger partial charge in [-0.25, -0.2) is 9.78 Å². The third kappa shape index (κ3) is 4.00. The molecule has 0 saturated carbocycles. The first-order valence-electron chi connectivity index (χ1n) is 12.1. The molecule has 37 heavy (non-hydrogen) atoms. The number of piperazine rings is 1. The third-order valence-corrected chi connectivity index (χ3v) is 6.88. The van der Waals surface area contributed by atoms with Crippen LogP contribution in [0, 0.1) is 6.92 Å². The number of anilines is 2. The van der Waals surface area contributed by atoms with Crippen molar-refractivity contribution in [1.82, 2.24) is 39.0 Å². The second-order valence-electron chi connectivity index (χ2n) is 9.02. The lowest BCUT2D eigenvalue weighted by Crippen LogP contribution is -2.47. The van der Waals surface area contributed by atoms with Crippen LogP contribution in [-0.4, -0.2) is 82.8 Å². The number of aromatic nitrogens is 7. The second-order valence-corrected chi connectivity index (χ2v) is 9.02.